The molecule has 1 aliphatic rings. The minimum atomic E-state index is -3.45. The van der Waals surface area contributed by atoms with E-state index < -0.39 is 10.0 Å². The molecule has 1 heterocycles. The van der Waals surface area contributed by atoms with Crippen LogP contribution in [0.3, 0.4) is 0 Å². The first-order chi connectivity index (χ1) is 7.11. The van der Waals surface area contributed by atoms with E-state index in [2.05, 4.69) is 17.9 Å². The van der Waals surface area contributed by atoms with Crippen LogP contribution >= 0.6 is 0 Å². The Labute approximate surface area is 88.7 Å². The third kappa shape index (κ3) is 2.14. The van der Waals surface area contributed by atoms with Gasteiger partial charge < -0.3 is 0 Å². The Morgan fingerprint density at radius 3 is 2.40 bits per heavy atom. The van der Waals surface area contributed by atoms with E-state index >= 15 is 0 Å². The molecule has 0 atom stereocenters. The molecule has 15 heavy (non-hydrogen) atoms. The molecule has 0 spiro atoms. The topological polar surface area (TPSA) is 63.2 Å². The van der Waals surface area contributed by atoms with Crippen LogP contribution in [0.2, 0.25) is 0 Å². The van der Waals surface area contributed by atoms with Gasteiger partial charge in [-0.3, -0.25) is 4.79 Å². The zero-order valence-corrected chi connectivity index (χ0v) is 8.88. The van der Waals surface area contributed by atoms with Crippen LogP contribution < -0.4 is 4.72 Å². The third-order valence-corrected chi connectivity index (χ3v) is 3.36. The second-order valence-corrected chi connectivity index (χ2v) is 4.48. The molecule has 1 aromatic rings. The summed E-state index contributed by atoms with van der Waals surface area (Å²) >= 11 is 0. The molecule has 1 N–H and O–H groups in total. The third-order valence-electron chi connectivity index (χ3n) is 1.90. The number of fused-ring (bicyclic) bond motifs is 1. The Balaban J connectivity index is 0.000000531. The van der Waals surface area contributed by atoms with Crippen molar-refractivity contribution in [2.24, 2.45) is 0 Å². The average Bonchev–Trinajstić information content (AvgIpc) is 2.27. The molecule has 0 amide bonds. The van der Waals surface area contributed by atoms with Gasteiger partial charge in [0, 0.05) is 5.56 Å². The van der Waals surface area contributed by atoms with E-state index in [0.29, 0.717) is 0 Å². The van der Waals surface area contributed by atoms with E-state index in [0.717, 1.165) is 0 Å². The molecule has 80 valence electrons. The highest BCUT2D eigenvalue weighted by Gasteiger charge is 2.27. The molecular formula is C10H11NO3S. The molecule has 0 fully saturated rings. The first kappa shape index (κ1) is 11.6. The lowest BCUT2D eigenvalue weighted by Gasteiger charge is -2.15. The average molecular weight is 225 g/mol. The maximum Gasteiger partial charge on any atom is 0.241 e. The molecule has 0 saturated carbocycles. The van der Waals surface area contributed by atoms with Crippen LogP contribution in [0.5, 0.6) is 0 Å². The van der Waals surface area contributed by atoms with E-state index in [9.17, 15) is 13.2 Å². The van der Waals surface area contributed by atoms with E-state index in [-0.39, 0.29) is 22.8 Å². The van der Waals surface area contributed by atoms with Gasteiger partial charge >= 0.3 is 0 Å². The van der Waals surface area contributed by atoms with Crippen LogP contribution in [-0.2, 0) is 10.0 Å². The Morgan fingerprint density at radius 1 is 1.20 bits per heavy atom. The number of carbonyl (C=O) groups excluding carboxylic acids is 1. The molecule has 0 unspecified atom stereocenters. The summed E-state index contributed by atoms with van der Waals surface area (Å²) in [6, 6.07) is 6.19. The predicted octanol–water partition coefficient (Wildman–Crippen LogP) is 0.963. The summed E-state index contributed by atoms with van der Waals surface area (Å²) in [7, 11) is -3.45. The summed E-state index contributed by atoms with van der Waals surface area (Å²) < 4.78 is 24.9. The monoisotopic (exact) mass is 225 g/mol. The maximum atomic E-state index is 11.4. The van der Waals surface area contributed by atoms with Crippen LogP contribution in [0.15, 0.2) is 42.3 Å². The van der Waals surface area contributed by atoms with Gasteiger partial charge in [0.25, 0.3) is 0 Å². The number of nitrogens with one attached hydrogen (secondary N) is 1. The number of ketones is 1. The molecule has 0 radical (unpaired) electrons. The summed E-state index contributed by atoms with van der Waals surface area (Å²) in [5.41, 5.74) is 0.279. The lowest BCUT2D eigenvalue weighted by atomic mass is 10.1. The molecule has 5 heteroatoms. The molecule has 2 rings (SSSR count). The molecular weight excluding hydrogens is 214 g/mol. The van der Waals surface area contributed by atoms with Crippen LogP contribution in [0.25, 0.3) is 0 Å². The number of Topliss-reactive ketones (excluding diaryl/α,β-unsaturated/α-hetero) is 1. The highest BCUT2D eigenvalue weighted by atomic mass is 32.2. The van der Waals surface area contributed by atoms with Gasteiger partial charge in [-0.25, -0.2) is 13.1 Å². The fourth-order valence-corrected chi connectivity index (χ4v) is 2.47. The van der Waals surface area contributed by atoms with Crippen molar-refractivity contribution in [3.63, 3.8) is 0 Å². The van der Waals surface area contributed by atoms with Gasteiger partial charge in [-0.15, -0.1) is 13.2 Å². The van der Waals surface area contributed by atoms with Crippen molar-refractivity contribution < 1.29 is 13.2 Å². The second-order valence-electron chi connectivity index (χ2n) is 2.74. The highest BCUT2D eigenvalue weighted by Crippen LogP contribution is 2.18. The number of hydrogen-bond donors (Lipinski definition) is 1. The van der Waals surface area contributed by atoms with E-state index in [1.807, 2.05) is 0 Å². The second kappa shape index (κ2) is 4.37. The summed E-state index contributed by atoms with van der Waals surface area (Å²) in [6.45, 7) is 5.86. The van der Waals surface area contributed by atoms with E-state index in [4.69, 9.17) is 0 Å². The molecule has 4 nitrogen and oxygen atoms in total. The first-order valence-corrected chi connectivity index (χ1v) is 5.71. The largest absolute Gasteiger partial charge is 0.293 e. The number of benzene rings is 1. The van der Waals surface area contributed by atoms with Crippen LogP contribution in [0.4, 0.5) is 0 Å². The molecule has 1 aliphatic heterocycles. The zero-order chi connectivity index (χ0) is 11.5. The normalized spacial score (nSPS) is 17.2. The summed E-state index contributed by atoms with van der Waals surface area (Å²) in [6.07, 6.45) is 0. The van der Waals surface area contributed by atoms with Gasteiger partial charge in [-0.05, 0) is 12.1 Å². The maximum absolute atomic E-state index is 11.4. The molecule has 1 aromatic carbocycles. The van der Waals surface area contributed by atoms with E-state index in [1.165, 1.54) is 12.1 Å². The number of sulfonamides is 1. The van der Waals surface area contributed by atoms with Gasteiger partial charge in [-0.1, -0.05) is 12.1 Å². The van der Waals surface area contributed by atoms with E-state index in [1.54, 1.807) is 12.1 Å². The van der Waals surface area contributed by atoms with Gasteiger partial charge in [0.15, 0.2) is 5.78 Å². The van der Waals surface area contributed by atoms with Gasteiger partial charge in [0.2, 0.25) is 10.0 Å². The molecule has 0 bridgehead atoms. The zero-order valence-electron chi connectivity index (χ0n) is 8.06. The fourth-order valence-electron chi connectivity index (χ4n) is 1.26. The standard InChI is InChI=1S/C8H7NO3S.C2H4/c10-7-5-9-13(11,12)8-4-2-1-3-6(7)8;1-2/h1-4,9H,5H2;1-2H2. The number of rotatable bonds is 0. The van der Waals surface area contributed by atoms with Crippen LogP contribution in [0, 0.1) is 0 Å². The van der Waals surface area contributed by atoms with Crippen molar-refractivity contribution >= 4 is 15.8 Å². The van der Waals surface area contributed by atoms with Gasteiger partial charge in [0.05, 0.1) is 11.4 Å². The summed E-state index contributed by atoms with van der Waals surface area (Å²) in [4.78, 5) is 11.3. The van der Waals surface area contributed by atoms with Crippen LogP contribution in [-0.4, -0.2) is 20.7 Å². The Hall–Kier alpha value is -1.46. The van der Waals surface area contributed by atoms with Gasteiger partial charge in [-0.2, -0.15) is 0 Å². The van der Waals surface area contributed by atoms with Crippen LogP contribution in [0.1, 0.15) is 10.4 Å². The minimum absolute atomic E-state index is 0.0752. The SMILES string of the molecule is C=C.O=C1CNS(=O)(=O)c2ccccc21. The highest BCUT2D eigenvalue weighted by molar-refractivity contribution is 7.89. The first-order valence-electron chi connectivity index (χ1n) is 4.23. The molecule has 0 aromatic heterocycles. The van der Waals surface area contributed by atoms with Crippen molar-refractivity contribution in [3.8, 4) is 0 Å². The quantitative estimate of drug-likeness (QED) is 0.669. The predicted molar refractivity (Wildman–Crippen MR) is 57.2 cm³/mol. The van der Waals surface area contributed by atoms with Crippen molar-refractivity contribution in [2.45, 2.75) is 4.90 Å². The lowest BCUT2D eigenvalue weighted by Crippen LogP contribution is -2.36. The number of hydrogen-bond acceptors (Lipinski definition) is 3. The van der Waals surface area contributed by atoms with Crippen molar-refractivity contribution in [3.05, 3.63) is 43.0 Å². The van der Waals surface area contributed by atoms with Crippen molar-refractivity contribution in [1.29, 1.82) is 0 Å². The Bertz CT molecular complexity index is 479. The summed E-state index contributed by atoms with van der Waals surface area (Å²) in [5, 5.41) is 0. The Morgan fingerprint density at radius 2 is 1.80 bits per heavy atom. The fraction of sp³-hybridized carbons (Fsp3) is 0.100. The summed E-state index contributed by atoms with van der Waals surface area (Å²) in [5.74, 6) is -0.189. The lowest BCUT2D eigenvalue weighted by molar-refractivity contribution is 0.0990. The Kier molecular flexibility index (Phi) is 3.39. The number of carbonyl (C=O) groups is 1. The minimum Gasteiger partial charge on any atom is -0.293 e. The van der Waals surface area contributed by atoms with Gasteiger partial charge in [0.1, 0.15) is 0 Å². The molecule has 0 aliphatic carbocycles. The molecule has 0 saturated heterocycles. The van der Waals surface area contributed by atoms with Crippen molar-refractivity contribution in [2.75, 3.05) is 6.54 Å². The van der Waals surface area contributed by atoms with Crippen molar-refractivity contribution in [1.82, 2.24) is 4.72 Å². The smallest absolute Gasteiger partial charge is 0.241 e.